The number of amides is 3. The zero-order valence-corrected chi connectivity index (χ0v) is 36.0. The molecule has 0 radical (unpaired) electrons. The van der Waals surface area contributed by atoms with Crippen LogP contribution in [-0.2, 0) is 22.6 Å². The van der Waals surface area contributed by atoms with Crippen molar-refractivity contribution in [3.8, 4) is 0 Å². The second-order valence-electron chi connectivity index (χ2n) is 19.7. The zero-order valence-electron chi connectivity index (χ0n) is 36.0. The Kier molecular flexibility index (Phi) is 10.4. The Morgan fingerprint density at radius 1 is 0.885 bits per heavy atom. The highest BCUT2D eigenvalue weighted by molar-refractivity contribution is 6.05. The molecule has 0 aliphatic carbocycles. The Labute approximate surface area is 358 Å². The van der Waals surface area contributed by atoms with E-state index in [0.29, 0.717) is 36.4 Å². The third-order valence-electron chi connectivity index (χ3n) is 15.1. The number of carbonyl (C=O) groups excluding carboxylic acids is 3. The van der Waals surface area contributed by atoms with Crippen LogP contribution in [0, 0.1) is 11.3 Å². The summed E-state index contributed by atoms with van der Waals surface area (Å²) in [6, 6.07) is 14.0. The number of piperidine rings is 4. The van der Waals surface area contributed by atoms with E-state index in [1.165, 1.54) is 36.6 Å². The Morgan fingerprint density at radius 3 is 2.33 bits per heavy atom. The van der Waals surface area contributed by atoms with Crippen LogP contribution >= 0.6 is 0 Å². The standard InChI is InChI=1S/C48H60FN9O3/c1-31-24-38-37-6-4-5-7-39(37)52-42(38)43(58(31)30-47(2,3)49)34-26-50-46(51-27-34)56-18-12-32(13-19-56)28-54-20-14-48(15-21-54)16-22-55(23-17-48)35-8-9-36-33(25-35)29-57(45(36)61)40-10-11-41(59)53-44(40)60/h4-9,25-27,31-32,40,43,52H,10-24,28-30H2,1-3H3,(H,53,59,60)/t31-,40?,43-/m1/s1. The van der Waals surface area contributed by atoms with Crippen LogP contribution in [0.15, 0.2) is 54.9 Å². The first-order valence-electron chi connectivity index (χ1n) is 22.8. The molecule has 6 aliphatic rings. The number of nitrogens with one attached hydrogen (secondary N) is 2. The first-order chi connectivity index (χ1) is 29.4. The predicted molar refractivity (Wildman–Crippen MR) is 234 cm³/mol. The monoisotopic (exact) mass is 829 g/mol. The highest BCUT2D eigenvalue weighted by Crippen LogP contribution is 2.44. The first kappa shape index (κ1) is 40.2. The van der Waals surface area contributed by atoms with E-state index in [1.54, 1.807) is 18.7 Å². The number of halogens is 1. The molecule has 0 bridgehead atoms. The molecule has 8 heterocycles. The Balaban J connectivity index is 0.707. The van der Waals surface area contributed by atoms with Crippen molar-refractivity contribution in [3.63, 3.8) is 0 Å². The molecule has 322 valence electrons. The molecule has 10 rings (SSSR count). The van der Waals surface area contributed by atoms with Crippen LogP contribution in [0.4, 0.5) is 16.0 Å². The molecule has 61 heavy (non-hydrogen) atoms. The van der Waals surface area contributed by atoms with E-state index in [0.717, 1.165) is 99.0 Å². The summed E-state index contributed by atoms with van der Waals surface area (Å²) >= 11 is 0. The minimum absolute atomic E-state index is 0.117. The van der Waals surface area contributed by atoms with Gasteiger partial charge in [-0.3, -0.25) is 24.6 Å². The number of rotatable bonds is 8. The number of imide groups is 1. The van der Waals surface area contributed by atoms with Crippen molar-refractivity contribution < 1.29 is 18.8 Å². The smallest absolute Gasteiger partial charge is 0.255 e. The normalized spacial score (nSPS) is 25.3. The van der Waals surface area contributed by atoms with Gasteiger partial charge in [0.2, 0.25) is 17.8 Å². The lowest BCUT2D eigenvalue weighted by molar-refractivity contribution is -0.136. The number of hydrogen-bond donors (Lipinski definition) is 2. The van der Waals surface area contributed by atoms with Gasteiger partial charge >= 0.3 is 0 Å². The molecule has 13 heteroatoms. The molecule has 4 fully saturated rings. The van der Waals surface area contributed by atoms with Gasteiger partial charge in [-0.15, -0.1) is 0 Å². The number of carbonyl (C=O) groups is 3. The van der Waals surface area contributed by atoms with Crippen molar-refractivity contribution >= 4 is 40.3 Å². The lowest BCUT2D eigenvalue weighted by Crippen LogP contribution is -2.52. The largest absolute Gasteiger partial charge is 0.371 e. The van der Waals surface area contributed by atoms with Gasteiger partial charge in [-0.2, -0.15) is 0 Å². The summed E-state index contributed by atoms with van der Waals surface area (Å²) < 4.78 is 15.2. The molecular formula is C48H60FN9O3. The van der Waals surface area contributed by atoms with Crippen molar-refractivity contribution in [2.45, 2.75) is 109 Å². The maximum atomic E-state index is 15.2. The van der Waals surface area contributed by atoms with Crippen molar-refractivity contribution in [1.82, 2.24) is 35.0 Å². The van der Waals surface area contributed by atoms with Gasteiger partial charge in [-0.25, -0.2) is 14.4 Å². The van der Waals surface area contributed by atoms with Crippen LogP contribution in [0.1, 0.15) is 111 Å². The maximum absolute atomic E-state index is 15.2. The Morgan fingerprint density at radius 2 is 1.61 bits per heavy atom. The van der Waals surface area contributed by atoms with Crippen molar-refractivity contribution in [3.05, 3.63) is 82.8 Å². The molecule has 4 saturated heterocycles. The van der Waals surface area contributed by atoms with E-state index in [9.17, 15) is 14.4 Å². The SMILES string of the molecule is C[C@@H]1Cc2c([nH]c3ccccc23)[C@@H](c2cnc(N3CCC(CN4CCC5(CC4)CCN(c4ccc6c(c4)CN(C4CCC(=O)NC4=O)C6=O)CC5)CC3)nc2)N1CC(C)(C)F. The summed E-state index contributed by atoms with van der Waals surface area (Å²) in [5, 5.41) is 3.64. The van der Waals surface area contributed by atoms with Gasteiger partial charge in [-0.05, 0) is 132 Å². The average molecular weight is 830 g/mol. The van der Waals surface area contributed by atoms with E-state index in [1.807, 2.05) is 18.5 Å². The lowest BCUT2D eigenvalue weighted by atomic mass is 9.71. The maximum Gasteiger partial charge on any atom is 0.255 e. The summed E-state index contributed by atoms with van der Waals surface area (Å²) in [6.45, 7) is 13.7. The molecule has 12 nitrogen and oxygen atoms in total. The first-order valence-corrected chi connectivity index (χ1v) is 22.8. The third-order valence-corrected chi connectivity index (χ3v) is 15.1. The van der Waals surface area contributed by atoms with Crippen LogP contribution in [0.5, 0.6) is 0 Å². The molecule has 4 aromatic rings. The molecule has 2 N–H and O–H groups in total. The Hall–Kier alpha value is -4.88. The molecule has 3 amide bonds. The van der Waals surface area contributed by atoms with Gasteiger partial charge in [0.15, 0.2) is 0 Å². The number of nitrogens with zero attached hydrogens (tertiary/aromatic N) is 7. The summed E-state index contributed by atoms with van der Waals surface area (Å²) in [5.74, 6) is 0.707. The molecular weight excluding hydrogens is 770 g/mol. The van der Waals surface area contributed by atoms with Crippen LogP contribution in [0.25, 0.3) is 10.9 Å². The van der Waals surface area contributed by atoms with E-state index in [4.69, 9.17) is 9.97 Å². The van der Waals surface area contributed by atoms with E-state index in [2.05, 4.69) is 73.2 Å². The number of benzene rings is 2. The van der Waals surface area contributed by atoms with Gasteiger partial charge in [0.25, 0.3) is 5.91 Å². The number of hydrogen-bond acceptors (Lipinski definition) is 9. The molecule has 1 unspecified atom stereocenters. The average Bonchev–Trinajstić information content (AvgIpc) is 3.78. The van der Waals surface area contributed by atoms with Gasteiger partial charge in [0, 0.05) is 104 Å². The molecule has 2 aromatic carbocycles. The van der Waals surface area contributed by atoms with Crippen LogP contribution < -0.4 is 15.1 Å². The molecule has 0 saturated carbocycles. The lowest BCUT2D eigenvalue weighted by Gasteiger charge is -2.48. The second-order valence-corrected chi connectivity index (χ2v) is 19.7. The minimum Gasteiger partial charge on any atom is -0.371 e. The van der Waals surface area contributed by atoms with Gasteiger partial charge in [0.05, 0.1) is 6.04 Å². The summed E-state index contributed by atoms with van der Waals surface area (Å²) in [6.07, 6.45) is 12.6. The number of H-pyrrole nitrogens is 1. The summed E-state index contributed by atoms with van der Waals surface area (Å²) in [4.78, 5) is 62.4. The van der Waals surface area contributed by atoms with Gasteiger partial charge < -0.3 is 24.6 Å². The number of aromatic amines is 1. The van der Waals surface area contributed by atoms with Crippen molar-refractivity contribution in [2.24, 2.45) is 11.3 Å². The number of likely N-dealkylation sites (tertiary alicyclic amines) is 1. The summed E-state index contributed by atoms with van der Waals surface area (Å²) in [5.41, 5.74) is 6.43. The number of alkyl halides is 1. The van der Waals surface area contributed by atoms with Crippen LogP contribution in [-0.4, -0.2) is 117 Å². The number of aromatic nitrogens is 3. The highest BCUT2D eigenvalue weighted by atomic mass is 19.1. The second kappa shape index (κ2) is 15.8. The summed E-state index contributed by atoms with van der Waals surface area (Å²) in [7, 11) is 0. The molecule has 3 atom stereocenters. The van der Waals surface area contributed by atoms with Crippen molar-refractivity contribution in [1.29, 1.82) is 0 Å². The molecule has 1 spiro atoms. The fourth-order valence-corrected chi connectivity index (χ4v) is 11.6. The van der Waals surface area contributed by atoms with E-state index in [-0.39, 0.29) is 36.2 Å². The van der Waals surface area contributed by atoms with Gasteiger partial charge in [0.1, 0.15) is 11.7 Å². The Bertz CT molecular complexity index is 2300. The van der Waals surface area contributed by atoms with Crippen LogP contribution in [0.2, 0.25) is 0 Å². The van der Waals surface area contributed by atoms with E-state index < -0.39 is 11.7 Å². The van der Waals surface area contributed by atoms with Crippen LogP contribution in [0.3, 0.4) is 0 Å². The number of fused-ring (bicyclic) bond motifs is 4. The fraction of sp³-hybridized carbons (Fsp3) is 0.562. The predicted octanol–water partition coefficient (Wildman–Crippen LogP) is 6.40. The quantitative estimate of drug-likeness (QED) is 0.195. The molecule has 2 aromatic heterocycles. The topological polar surface area (TPSA) is 121 Å². The fourth-order valence-electron chi connectivity index (χ4n) is 11.6. The molecule has 6 aliphatic heterocycles. The highest BCUT2D eigenvalue weighted by Gasteiger charge is 2.42. The minimum atomic E-state index is -1.34. The van der Waals surface area contributed by atoms with Gasteiger partial charge in [-0.1, -0.05) is 18.2 Å². The zero-order chi connectivity index (χ0) is 42.0. The number of anilines is 2. The van der Waals surface area contributed by atoms with E-state index >= 15 is 4.39 Å². The number of para-hydroxylation sites is 1. The third kappa shape index (κ3) is 7.81. The van der Waals surface area contributed by atoms with Crippen molar-refractivity contribution in [2.75, 3.05) is 62.2 Å².